The number of benzene rings is 3. The lowest BCUT2D eigenvalue weighted by Gasteiger charge is -2.18. The summed E-state index contributed by atoms with van der Waals surface area (Å²) in [7, 11) is 0. The van der Waals surface area contributed by atoms with Gasteiger partial charge in [0.25, 0.3) is 0 Å². The van der Waals surface area contributed by atoms with Crippen LogP contribution >= 0.6 is 11.8 Å². The first kappa shape index (κ1) is 24.1. The van der Waals surface area contributed by atoms with E-state index in [0.29, 0.717) is 12.0 Å². The van der Waals surface area contributed by atoms with Crippen LogP contribution in [-0.4, -0.2) is 43.1 Å². The summed E-state index contributed by atoms with van der Waals surface area (Å²) in [6.45, 7) is 4.24. The van der Waals surface area contributed by atoms with Crippen molar-refractivity contribution in [3.05, 3.63) is 94.8 Å². The minimum absolute atomic E-state index is 0.131. The van der Waals surface area contributed by atoms with Crippen molar-refractivity contribution >= 4 is 22.9 Å². The fraction of sp³-hybridized carbons (Fsp3) is 0.333. The number of likely N-dealkylation sites (tertiary alicyclic amines) is 1. The second-order valence-electron chi connectivity index (χ2n) is 9.33. The van der Waals surface area contributed by atoms with Gasteiger partial charge >= 0.3 is 0 Å². The number of rotatable bonds is 7. The highest BCUT2D eigenvalue weighted by Crippen LogP contribution is 2.43. The van der Waals surface area contributed by atoms with Crippen LogP contribution in [0.1, 0.15) is 41.5 Å². The Morgan fingerprint density at radius 2 is 1.86 bits per heavy atom. The number of fused-ring (bicyclic) bond motifs is 1. The standard InChI is InChI=1S/C30H31F2NOS/c1-21-7-12-25(28(32)19-21)26-14-18-35-29-6-3-2-5-27(29)30(26)22-8-10-23(11-9-22)34-24-13-17-33(20-24)16-4-15-31/h2-3,5-12,19,24H,4,13-18,20H2,1H3/t24-/m0/s1. The van der Waals surface area contributed by atoms with Gasteiger partial charge < -0.3 is 4.74 Å². The highest BCUT2D eigenvalue weighted by Gasteiger charge is 2.25. The summed E-state index contributed by atoms with van der Waals surface area (Å²) >= 11 is 1.83. The molecule has 3 aromatic rings. The third-order valence-corrected chi connectivity index (χ3v) is 7.88. The van der Waals surface area contributed by atoms with Crippen molar-refractivity contribution in [3.63, 3.8) is 0 Å². The quantitative estimate of drug-likeness (QED) is 0.342. The molecule has 0 amide bonds. The topological polar surface area (TPSA) is 12.5 Å². The second-order valence-corrected chi connectivity index (χ2v) is 10.5. The van der Waals surface area contributed by atoms with Crippen LogP contribution in [0.25, 0.3) is 11.1 Å². The molecule has 5 heteroatoms. The molecule has 35 heavy (non-hydrogen) atoms. The van der Waals surface area contributed by atoms with Gasteiger partial charge in [-0.25, -0.2) is 4.39 Å². The Morgan fingerprint density at radius 3 is 2.66 bits per heavy atom. The van der Waals surface area contributed by atoms with Gasteiger partial charge in [-0.1, -0.05) is 42.5 Å². The fourth-order valence-electron chi connectivity index (χ4n) is 5.09. The Balaban J connectivity index is 1.47. The van der Waals surface area contributed by atoms with Crippen molar-refractivity contribution in [2.24, 2.45) is 0 Å². The molecule has 5 rings (SSSR count). The van der Waals surface area contributed by atoms with E-state index in [1.54, 1.807) is 6.07 Å². The molecule has 3 aromatic carbocycles. The molecular formula is C30H31F2NOS. The van der Waals surface area contributed by atoms with E-state index >= 15 is 4.39 Å². The van der Waals surface area contributed by atoms with E-state index in [-0.39, 0.29) is 18.6 Å². The lowest BCUT2D eigenvalue weighted by molar-refractivity contribution is 0.198. The van der Waals surface area contributed by atoms with Gasteiger partial charge in [0.05, 0.1) is 6.67 Å². The van der Waals surface area contributed by atoms with Gasteiger partial charge in [-0.05, 0) is 78.3 Å². The molecule has 182 valence electrons. The first-order chi connectivity index (χ1) is 17.1. The molecule has 1 atom stereocenters. The largest absolute Gasteiger partial charge is 0.489 e. The molecule has 2 heterocycles. The van der Waals surface area contributed by atoms with Crippen LogP contribution in [-0.2, 0) is 0 Å². The lowest BCUT2D eigenvalue weighted by atomic mass is 9.88. The number of aryl methyl sites for hydroxylation is 1. The molecule has 0 bridgehead atoms. The Hall–Kier alpha value is -2.63. The van der Waals surface area contributed by atoms with Gasteiger partial charge in [0.15, 0.2) is 0 Å². The maximum Gasteiger partial charge on any atom is 0.130 e. The summed E-state index contributed by atoms with van der Waals surface area (Å²) in [6, 6.07) is 22.2. The predicted octanol–water partition coefficient (Wildman–Crippen LogP) is 7.40. The average molecular weight is 492 g/mol. The van der Waals surface area contributed by atoms with Crippen molar-refractivity contribution in [1.82, 2.24) is 4.90 Å². The monoisotopic (exact) mass is 491 g/mol. The van der Waals surface area contributed by atoms with Gasteiger partial charge in [-0.2, -0.15) is 0 Å². The van der Waals surface area contributed by atoms with Gasteiger partial charge in [0.1, 0.15) is 17.7 Å². The number of hydrogen-bond donors (Lipinski definition) is 0. The Morgan fingerprint density at radius 1 is 1.03 bits per heavy atom. The Labute approximate surface area is 211 Å². The van der Waals surface area contributed by atoms with E-state index in [2.05, 4.69) is 41.3 Å². The maximum atomic E-state index is 15.1. The minimum Gasteiger partial charge on any atom is -0.489 e. The van der Waals surface area contributed by atoms with Crippen molar-refractivity contribution in [3.8, 4) is 5.75 Å². The van der Waals surface area contributed by atoms with Gasteiger partial charge in [0, 0.05) is 35.8 Å². The molecule has 1 saturated heterocycles. The Bertz CT molecular complexity index is 1210. The molecule has 0 unspecified atom stereocenters. The first-order valence-corrected chi connectivity index (χ1v) is 13.4. The van der Waals surface area contributed by atoms with Crippen molar-refractivity contribution in [2.45, 2.75) is 37.2 Å². The normalized spacial score (nSPS) is 18.4. The number of nitrogens with zero attached hydrogens (tertiary/aromatic N) is 1. The van der Waals surface area contributed by atoms with Crippen molar-refractivity contribution < 1.29 is 13.5 Å². The minimum atomic E-state index is -0.268. The summed E-state index contributed by atoms with van der Waals surface area (Å²) in [5.74, 6) is 1.58. The molecule has 2 aliphatic rings. The molecule has 0 spiro atoms. The fourth-order valence-corrected chi connectivity index (χ4v) is 6.11. The zero-order chi connectivity index (χ0) is 24.2. The van der Waals surface area contributed by atoms with E-state index in [1.165, 1.54) is 4.90 Å². The van der Waals surface area contributed by atoms with Crippen LogP contribution in [0.4, 0.5) is 8.78 Å². The number of ether oxygens (including phenoxy) is 1. The highest BCUT2D eigenvalue weighted by molar-refractivity contribution is 7.99. The summed E-state index contributed by atoms with van der Waals surface area (Å²) in [6.07, 6.45) is 2.47. The van der Waals surface area contributed by atoms with E-state index in [4.69, 9.17) is 4.74 Å². The number of hydrogen-bond acceptors (Lipinski definition) is 3. The number of allylic oxidation sites excluding steroid dienone is 1. The van der Waals surface area contributed by atoms with Gasteiger partial charge in [0.2, 0.25) is 0 Å². The molecular weight excluding hydrogens is 460 g/mol. The van der Waals surface area contributed by atoms with Crippen LogP contribution < -0.4 is 4.74 Å². The summed E-state index contributed by atoms with van der Waals surface area (Å²) in [4.78, 5) is 3.50. The van der Waals surface area contributed by atoms with Crippen molar-refractivity contribution in [1.29, 1.82) is 0 Å². The third-order valence-electron chi connectivity index (χ3n) is 6.80. The van der Waals surface area contributed by atoms with E-state index in [0.717, 1.165) is 71.8 Å². The Kier molecular flexibility index (Phi) is 7.54. The molecule has 2 nitrogen and oxygen atoms in total. The van der Waals surface area contributed by atoms with Gasteiger partial charge in [-0.15, -0.1) is 11.8 Å². The summed E-state index contributed by atoms with van der Waals surface area (Å²) < 4.78 is 33.9. The van der Waals surface area contributed by atoms with Crippen LogP contribution in [0.3, 0.4) is 0 Å². The molecule has 0 N–H and O–H groups in total. The number of thioether (sulfide) groups is 1. The average Bonchev–Trinajstić information content (AvgIpc) is 3.22. The highest BCUT2D eigenvalue weighted by atomic mass is 32.2. The molecule has 0 aliphatic carbocycles. The van der Waals surface area contributed by atoms with E-state index in [1.807, 2.05) is 43.0 Å². The second kappa shape index (κ2) is 11.0. The van der Waals surface area contributed by atoms with Crippen molar-refractivity contribution in [2.75, 3.05) is 32.1 Å². The maximum absolute atomic E-state index is 15.1. The third kappa shape index (κ3) is 5.46. The predicted molar refractivity (Wildman–Crippen MR) is 141 cm³/mol. The molecule has 0 radical (unpaired) electrons. The van der Waals surface area contributed by atoms with Gasteiger partial charge in [-0.3, -0.25) is 9.29 Å². The zero-order valence-corrected chi connectivity index (χ0v) is 20.9. The molecule has 2 aliphatic heterocycles. The van der Waals surface area contributed by atoms with E-state index < -0.39 is 0 Å². The number of halogens is 2. The summed E-state index contributed by atoms with van der Waals surface area (Å²) in [5.41, 5.74) is 5.97. The van der Waals surface area contributed by atoms with E-state index in [9.17, 15) is 4.39 Å². The lowest BCUT2D eigenvalue weighted by Crippen LogP contribution is -2.26. The number of alkyl halides is 1. The zero-order valence-electron chi connectivity index (χ0n) is 20.1. The molecule has 0 saturated carbocycles. The first-order valence-electron chi connectivity index (χ1n) is 12.4. The van der Waals surface area contributed by atoms with Crippen LogP contribution in [0.5, 0.6) is 5.75 Å². The van der Waals surface area contributed by atoms with Crippen LogP contribution in [0.2, 0.25) is 0 Å². The SMILES string of the molecule is Cc1ccc(C2=C(c3ccc(O[C@H]4CCN(CCCF)C4)cc3)c3ccccc3SCC2)c(F)c1. The smallest absolute Gasteiger partial charge is 0.130 e. The molecule has 0 aromatic heterocycles. The summed E-state index contributed by atoms with van der Waals surface area (Å²) in [5, 5.41) is 0. The van der Waals surface area contributed by atoms with Crippen LogP contribution in [0, 0.1) is 12.7 Å². The molecule has 1 fully saturated rings. The van der Waals surface area contributed by atoms with Crippen LogP contribution in [0.15, 0.2) is 71.6 Å².